The van der Waals surface area contributed by atoms with Crippen molar-refractivity contribution in [1.29, 1.82) is 0 Å². The van der Waals surface area contributed by atoms with Gasteiger partial charge in [-0.25, -0.2) is 14.6 Å². The van der Waals surface area contributed by atoms with Crippen LogP contribution in [0.1, 0.15) is 38.0 Å². The van der Waals surface area contributed by atoms with E-state index < -0.39 is 18.0 Å². The number of dihydropyridines is 1. The van der Waals surface area contributed by atoms with Gasteiger partial charge in [0.25, 0.3) is 0 Å². The zero-order chi connectivity index (χ0) is 29.8. The summed E-state index contributed by atoms with van der Waals surface area (Å²) >= 11 is 0. The van der Waals surface area contributed by atoms with Crippen LogP contribution in [0.2, 0.25) is 0 Å². The Labute approximate surface area is 247 Å². The predicted molar refractivity (Wildman–Crippen MR) is 166 cm³/mol. The number of allylic oxidation sites excluding steroid dienone is 2. The number of pyridine rings is 2. The van der Waals surface area contributed by atoms with Crippen molar-refractivity contribution in [2.24, 2.45) is 0 Å². The molecule has 1 unspecified atom stereocenters. The zero-order valence-electron chi connectivity index (χ0n) is 22.8. The lowest BCUT2D eigenvalue weighted by molar-refractivity contribution is 0.0685. The van der Waals surface area contributed by atoms with Gasteiger partial charge < -0.3 is 20.4 Å². The van der Waals surface area contributed by atoms with Crippen LogP contribution in [-0.2, 0) is 0 Å². The van der Waals surface area contributed by atoms with Crippen LogP contribution in [0.4, 0.5) is 17.1 Å². The van der Waals surface area contributed by atoms with Gasteiger partial charge in [-0.2, -0.15) is 0 Å². The Hall–Kier alpha value is -6.02. The first-order valence-corrected chi connectivity index (χ1v) is 13.6. The van der Waals surface area contributed by atoms with Crippen molar-refractivity contribution in [3.8, 4) is 11.4 Å². The van der Waals surface area contributed by atoms with E-state index in [2.05, 4.69) is 51.6 Å². The summed E-state index contributed by atoms with van der Waals surface area (Å²) in [5.74, 6) is -2.23. The number of nitrogens with zero attached hydrogens (tertiary/aromatic N) is 3. The number of aromatic nitrogens is 2. The molecule has 43 heavy (non-hydrogen) atoms. The Morgan fingerprint density at radius 1 is 0.698 bits per heavy atom. The van der Waals surface area contributed by atoms with Gasteiger partial charge >= 0.3 is 11.9 Å². The molecule has 3 aromatic carbocycles. The summed E-state index contributed by atoms with van der Waals surface area (Å²) in [5.41, 5.74) is 6.02. The second kappa shape index (κ2) is 11.8. The molecule has 6 rings (SSSR count). The normalized spacial score (nSPS) is 14.0. The van der Waals surface area contributed by atoms with E-state index in [9.17, 15) is 19.8 Å². The summed E-state index contributed by atoms with van der Waals surface area (Å²) in [6, 6.07) is 33.8. The molecule has 1 atom stereocenters. The molecule has 0 radical (unpaired) electrons. The van der Waals surface area contributed by atoms with Gasteiger partial charge in [-0.3, -0.25) is 4.98 Å². The van der Waals surface area contributed by atoms with Crippen LogP contribution >= 0.6 is 0 Å². The maximum Gasteiger partial charge on any atom is 0.335 e. The van der Waals surface area contributed by atoms with E-state index in [4.69, 9.17) is 4.98 Å². The van der Waals surface area contributed by atoms with Crippen LogP contribution in [0.15, 0.2) is 134 Å². The average Bonchev–Trinajstić information content (AvgIpc) is 3.06. The van der Waals surface area contributed by atoms with Crippen LogP contribution < -0.4 is 10.2 Å². The number of carboxylic acid groups (broad SMARTS) is 2. The molecule has 0 saturated heterocycles. The molecular weight excluding hydrogens is 540 g/mol. The molecule has 0 spiro atoms. The molecule has 8 nitrogen and oxygen atoms in total. The van der Waals surface area contributed by atoms with Crippen LogP contribution in [-0.4, -0.2) is 32.1 Å². The maximum atomic E-state index is 12.0. The maximum absolute atomic E-state index is 12.0. The molecule has 0 amide bonds. The number of nitrogens with one attached hydrogen (secondary N) is 1. The summed E-state index contributed by atoms with van der Waals surface area (Å²) in [4.78, 5) is 34.6. The minimum absolute atomic E-state index is 0.0252. The van der Waals surface area contributed by atoms with E-state index in [0.29, 0.717) is 5.69 Å². The SMILES string of the molecule is O=C(O)c1ccnc(-c2cc(C(=O)O)cc(C3C=C(c4cccc(N(c5ccccc5)c5ccccc5)c4)C=CN3)n2)c1. The lowest BCUT2D eigenvalue weighted by atomic mass is 9.97. The number of carbonyl (C=O) groups is 2. The highest BCUT2D eigenvalue weighted by atomic mass is 16.4. The van der Waals surface area contributed by atoms with E-state index in [0.717, 1.165) is 28.2 Å². The molecule has 0 fully saturated rings. The fourth-order valence-corrected chi connectivity index (χ4v) is 4.98. The molecule has 1 aliphatic heterocycles. The first-order valence-electron chi connectivity index (χ1n) is 13.6. The second-order valence-electron chi connectivity index (χ2n) is 9.86. The topological polar surface area (TPSA) is 116 Å². The van der Waals surface area contributed by atoms with E-state index in [-0.39, 0.29) is 22.5 Å². The van der Waals surface area contributed by atoms with Crippen molar-refractivity contribution in [3.05, 3.63) is 156 Å². The van der Waals surface area contributed by atoms with E-state index in [1.165, 1.54) is 30.5 Å². The second-order valence-corrected chi connectivity index (χ2v) is 9.86. The number of para-hydroxylation sites is 2. The molecule has 0 aliphatic carbocycles. The van der Waals surface area contributed by atoms with Crippen molar-refractivity contribution >= 4 is 34.6 Å². The molecule has 3 heterocycles. The minimum Gasteiger partial charge on any atom is -0.478 e. The molecule has 0 bridgehead atoms. The number of benzene rings is 3. The van der Waals surface area contributed by atoms with Gasteiger partial charge in [0.05, 0.1) is 34.3 Å². The van der Waals surface area contributed by atoms with Gasteiger partial charge in [0.2, 0.25) is 0 Å². The molecule has 210 valence electrons. The lowest BCUT2D eigenvalue weighted by Crippen LogP contribution is -2.19. The summed E-state index contributed by atoms with van der Waals surface area (Å²) in [5, 5.41) is 22.5. The standard InChI is InChI=1S/C35H26N4O4/c40-34(41)25-15-17-37-31(20-25)33-22-26(35(42)43)21-32(38-33)30-19-24(14-16-36-30)23-8-7-13-29(18-23)39(27-9-3-1-4-10-27)28-11-5-2-6-12-28/h1-22,30,36H,(H,40,41)(H,42,43). The predicted octanol–water partition coefficient (Wildman–Crippen LogP) is 7.25. The molecule has 2 aromatic heterocycles. The molecule has 3 N–H and O–H groups in total. The molecule has 1 aliphatic rings. The van der Waals surface area contributed by atoms with Crippen LogP contribution in [0.25, 0.3) is 17.0 Å². The summed E-state index contributed by atoms with van der Waals surface area (Å²) < 4.78 is 0. The Bertz CT molecular complexity index is 1830. The zero-order valence-corrected chi connectivity index (χ0v) is 22.8. The highest BCUT2D eigenvalue weighted by Crippen LogP contribution is 2.36. The molecule has 5 aromatic rings. The Morgan fingerprint density at radius 2 is 1.35 bits per heavy atom. The van der Waals surface area contributed by atoms with Crippen molar-refractivity contribution in [2.45, 2.75) is 6.04 Å². The smallest absolute Gasteiger partial charge is 0.335 e. The van der Waals surface area contributed by atoms with Crippen LogP contribution in [0.5, 0.6) is 0 Å². The molecular formula is C35H26N4O4. The summed E-state index contributed by atoms with van der Waals surface area (Å²) in [7, 11) is 0. The number of carboxylic acids is 2. The minimum atomic E-state index is -1.12. The van der Waals surface area contributed by atoms with Gasteiger partial charge in [-0.1, -0.05) is 48.5 Å². The summed E-state index contributed by atoms with van der Waals surface area (Å²) in [6.45, 7) is 0. The highest BCUT2D eigenvalue weighted by Gasteiger charge is 2.20. The summed E-state index contributed by atoms with van der Waals surface area (Å²) in [6.07, 6.45) is 7.14. The van der Waals surface area contributed by atoms with Crippen molar-refractivity contribution in [1.82, 2.24) is 15.3 Å². The van der Waals surface area contributed by atoms with Gasteiger partial charge in [0, 0.05) is 23.3 Å². The first-order chi connectivity index (χ1) is 21.0. The number of rotatable bonds is 8. The molecule has 0 saturated carbocycles. The molecule has 8 heteroatoms. The first kappa shape index (κ1) is 27.2. The Kier molecular flexibility index (Phi) is 7.48. The number of aromatic carboxylic acids is 2. The highest BCUT2D eigenvalue weighted by molar-refractivity contribution is 5.91. The fraction of sp³-hybridized carbons (Fsp3) is 0.0286. The average molecular weight is 567 g/mol. The van der Waals surface area contributed by atoms with Crippen LogP contribution in [0, 0.1) is 0 Å². The number of hydrogen-bond acceptors (Lipinski definition) is 6. The van der Waals surface area contributed by atoms with Gasteiger partial charge in [-0.15, -0.1) is 0 Å². The van der Waals surface area contributed by atoms with Gasteiger partial charge in [0.1, 0.15) is 0 Å². The van der Waals surface area contributed by atoms with Crippen molar-refractivity contribution < 1.29 is 19.8 Å². The van der Waals surface area contributed by atoms with Crippen LogP contribution in [0.3, 0.4) is 0 Å². The third kappa shape index (κ3) is 5.89. The third-order valence-electron chi connectivity index (χ3n) is 7.03. The van der Waals surface area contributed by atoms with E-state index in [1.54, 1.807) is 0 Å². The Morgan fingerprint density at radius 3 is 2.02 bits per heavy atom. The third-order valence-corrected chi connectivity index (χ3v) is 7.03. The monoisotopic (exact) mass is 566 g/mol. The lowest BCUT2D eigenvalue weighted by Gasteiger charge is -2.26. The van der Waals surface area contributed by atoms with E-state index in [1.807, 2.05) is 66.9 Å². The van der Waals surface area contributed by atoms with Gasteiger partial charge in [-0.05, 0) is 90.2 Å². The van der Waals surface area contributed by atoms with E-state index >= 15 is 0 Å². The fourth-order valence-electron chi connectivity index (χ4n) is 4.98. The quantitative estimate of drug-likeness (QED) is 0.180. The largest absolute Gasteiger partial charge is 0.478 e. The van der Waals surface area contributed by atoms with Gasteiger partial charge in [0.15, 0.2) is 0 Å². The Balaban J connectivity index is 1.38. The number of hydrogen-bond donors (Lipinski definition) is 3. The number of anilines is 3. The van der Waals surface area contributed by atoms with Crippen molar-refractivity contribution in [3.63, 3.8) is 0 Å². The van der Waals surface area contributed by atoms with Crippen molar-refractivity contribution in [2.75, 3.05) is 4.90 Å².